The predicted octanol–water partition coefficient (Wildman–Crippen LogP) is 4.25. The average Bonchev–Trinajstić information content (AvgIpc) is 2.85. The summed E-state index contributed by atoms with van der Waals surface area (Å²) in [4.78, 5) is 31.4. The minimum Gasteiger partial charge on any atom is -0.274 e. The van der Waals surface area contributed by atoms with Gasteiger partial charge in [-0.25, -0.2) is 9.88 Å². The number of carbonyl (C=O) groups excluding carboxylic acids is 2. The second-order valence-corrected chi connectivity index (χ2v) is 9.41. The Bertz CT molecular complexity index is 984. The Labute approximate surface area is 181 Å². The number of pyridine rings is 1. The maximum Gasteiger partial charge on any atom is 0.247 e. The fraction of sp³-hybridized carbons (Fsp3) is 0.333. The number of hydrogen-bond donors (Lipinski definition) is 0. The third kappa shape index (κ3) is 3.80. The molecule has 1 saturated heterocycles. The lowest BCUT2D eigenvalue weighted by Gasteiger charge is -2.15. The molecule has 5 nitrogen and oxygen atoms in total. The van der Waals surface area contributed by atoms with E-state index in [0.29, 0.717) is 16.3 Å². The minimum absolute atomic E-state index is 0.124. The number of aryl methyl sites for hydroxylation is 2. The fourth-order valence-electron chi connectivity index (χ4n) is 3.65. The lowest BCUT2D eigenvalue weighted by Crippen LogP contribution is -2.31. The van der Waals surface area contributed by atoms with Crippen LogP contribution in [0.25, 0.3) is 0 Å². The SMILES string of the molecule is N#Cc1cc2c(nc1SC1CC(=O)N(c3ccc(I)cc3)C1=O)CCCCC2. The third-order valence-electron chi connectivity index (χ3n) is 5.08. The first-order valence-electron chi connectivity index (χ1n) is 9.28. The monoisotopic (exact) mass is 503 g/mol. The number of nitriles is 1. The molecule has 1 aliphatic heterocycles. The molecule has 1 atom stereocenters. The van der Waals surface area contributed by atoms with E-state index in [-0.39, 0.29) is 18.2 Å². The van der Waals surface area contributed by atoms with Gasteiger partial charge in [-0.1, -0.05) is 18.2 Å². The third-order valence-corrected chi connectivity index (χ3v) is 6.99. The van der Waals surface area contributed by atoms with Gasteiger partial charge in [0.2, 0.25) is 11.8 Å². The van der Waals surface area contributed by atoms with Gasteiger partial charge in [-0.15, -0.1) is 0 Å². The number of aromatic nitrogens is 1. The average molecular weight is 503 g/mol. The van der Waals surface area contributed by atoms with Crippen molar-refractivity contribution in [3.05, 3.63) is 50.7 Å². The Morgan fingerprint density at radius 1 is 1.14 bits per heavy atom. The van der Waals surface area contributed by atoms with Gasteiger partial charge in [0.15, 0.2) is 0 Å². The highest BCUT2D eigenvalue weighted by Gasteiger charge is 2.40. The molecule has 0 bridgehead atoms. The Hall–Kier alpha value is -1.92. The first-order chi connectivity index (χ1) is 13.6. The van der Waals surface area contributed by atoms with Crippen molar-refractivity contribution in [2.24, 2.45) is 0 Å². The van der Waals surface area contributed by atoms with Gasteiger partial charge < -0.3 is 0 Å². The van der Waals surface area contributed by atoms with Crippen LogP contribution in [0.2, 0.25) is 0 Å². The van der Waals surface area contributed by atoms with Crippen LogP contribution in [0.3, 0.4) is 0 Å². The van der Waals surface area contributed by atoms with E-state index in [1.54, 1.807) is 12.1 Å². The fourth-order valence-corrected chi connectivity index (χ4v) is 5.11. The van der Waals surface area contributed by atoms with Gasteiger partial charge >= 0.3 is 0 Å². The van der Waals surface area contributed by atoms with Crippen molar-refractivity contribution in [1.82, 2.24) is 4.98 Å². The number of fused-ring (bicyclic) bond motifs is 1. The van der Waals surface area contributed by atoms with Crippen molar-refractivity contribution >= 4 is 51.9 Å². The second-order valence-electron chi connectivity index (χ2n) is 6.97. The number of benzene rings is 1. The zero-order valence-electron chi connectivity index (χ0n) is 15.2. The van der Waals surface area contributed by atoms with Crippen molar-refractivity contribution in [2.75, 3.05) is 4.90 Å². The van der Waals surface area contributed by atoms with Crippen LogP contribution in [-0.4, -0.2) is 22.0 Å². The Morgan fingerprint density at radius 3 is 2.64 bits per heavy atom. The first kappa shape index (κ1) is 19.4. The molecule has 1 aromatic carbocycles. The van der Waals surface area contributed by atoms with Gasteiger partial charge in [-0.05, 0) is 84.2 Å². The molecule has 2 aliphatic rings. The molecule has 2 amide bonds. The first-order valence-corrected chi connectivity index (χ1v) is 11.2. The van der Waals surface area contributed by atoms with Crippen LogP contribution in [0.1, 0.15) is 42.5 Å². The van der Waals surface area contributed by atoms with Crippen LogP contribution in [0.4, 0.5) is 5.69 Å². The lowest BCUT2D eigenvalue weighted by atomic mass is 10.1. The molecule has 7 heteroatoms. The van der Waals surface area contributed by atoms with Gasteiger partial charge in [-0.2, -0.15) is 5.26 Å². The molecule has 1 unspecified atom stereocenters. The van der Waals surface area contributed by atoms with Crippen LogP contribution in [-0.2, 0) is 22.4 Å². The molecule has 1 aromatic heterocycles. The zero-order chi connectivity index (χ0) is 19.7. The van der Waals surface area contributed by atoms with Crippen molar-refractivity contribution in [3.63, 3.8) is 0 Å². The summed E-state index contributed by atoms with van der Waals surface area (Å²) in [6.07, 6.45) is 5.36. The molecule has 0 N–H and O–H groups in total. The molecule has 0 saturated carbocycles. The maximum absolute atomic E-state index is 12.9. The van der Waals surface area contributed by atoms with Gasteiger partial charge in [0, 0.05) is 15.7 Å². The summed E-state index contributed by atoms with van der Waals surface area (Å²) < 4.78 is 1.04. The molecule has 2 aromatic rings. The molecule has 0 radical (unpaired) electrons. The van der Waals surface area contributed by atoms with Crippen molar-refractivity contribution in [2.45, 2.75) is 48.8 Å². The number of nitrogens with zero attached hydrogens (tertiary/aromatic N) is 3. The molecule has 2 heterocycles. The standard InChI is InChI=1S/C21H18IN3O2S/c22-15-6-8-16(9-7-15)25-19(26)11-18(21(25)27)28-20-14(12-23)10-13-4-2-1-3-5-17(13)24-20/h6-10,18H,1-5,11H2. The van der Waals surface area contributed by atoms with Gasteiger partial charge in [0.1, 0.15) is 11.1 Å². The summed E-state index contributed by atoms with van der Waals surface area (Å²) in [5.74, 6) is -0.450. The molecule has 0 spiro atoms. The molecular formula is C21H18IN3O2S. The Balaban J connectivity index is 1.60. The van der Waals surface area contributed by atoms with E-state index in [2.05, 4.69) is 28.7 Å². The number of imide groups is 1. The van der Waals surface area contributed by atoms with Crippen molar-refractivity contribution in [1.29, 1.82) is 5.26 Å². The van der Waals surface area contributed by atoms with E-state index in [4.69, 9.17) is 4.98 Å². The van der Waals surface area contributed by atoms with E-state index in [0.717, 1.165) is 40.5 Å². The zero-order valence-corrected chi connectivity index (χ0v) is 18.1. The van der Waals surface area contributed by atoms with E-state index in [1.165, 1.54) is 23.1 Å². The topological polar surface area (TPSA) is 74.1 Å². The van der Waals surface area contributed by atoms with Crippen LogP contribution in [0.5, 0.6) is 0 Å². The quantitative estimate of drug-likeness (QED) is 0.356. The summed E-state index contributed by atoms with van der Waals surface area (Å²) in [5, 5.41) is 9.59. The van der Waals surface area contributed by atoms with Crippen molar-refractivity contribution < 1.29 is 9.59 Å². The highest BCUT2D eigenvalue weighted by atomic mass is 127. The number of carbonyl (C=O) groups is 2. The highest BCUT2D eigenvalue weighted by molar-refractivity contribution is 14.1. The molecule has 28 heavy (non-hydrogen) atoms. The van der Waals surface area contributed by atoms with E-state index in [9.17, 15) is 14.9 Å². The largest absolute Gasteiger partial charge is 0.274 e. The van der Waals surface area contributed by atoms with Gasteiger partial charge in [-0.3, -0.25) is 9.59 Å². The Kier molecular flexibility index (Phi) is 5.69. The van der Waals surface area contributed by atoms with Gasteiger partial charge in [0.25, 0.3) is 0 Å². The molecule has 142 valence electrons. The van der Waals surface area contributed by atoms with Crippen LogP contribution in [0.15, 0.2) is 35.4 Å². The Morgan fingerprint density at radius 2 is 1.89 bits per heavy atom. The van der Waals surface area contributed by atoms with E-state index < -0.39 is 5.25 Å². The number of hydrogen-bond acceptors (Lipinski definition) is 5. The molecule has 1 aliphatic carbocycles. The molecular weight excluding hydrogens is 485 g/mol. The number of thioether (sulfide) groups is 1. The van der Waals surface area contributed by atoms with Crippen LogP contribution in [0, 0.1) is 14.9 Å². The smallest absolute Gasteiger partial charge is 0.247 e. The number of anilines is 1. The number of amides is 2. The maximum atomic E-state index is 12.9. The van der Waals surface area contributed by atoms with Gasteiger partial charge in [0.05, 0.1) is 16.5 Å². The van der Waals surface area contributed by atoms with Crippen LogP contribution >= 0.6 is 34.4 Å². The number of halogens is 1. The predicted molar refractivity (Wildman–Crippen MR) is 116 cm³/mol. The summed E-state index contributed by atoms with van der Waals surface area (Å²) in [6, 6.07) is 11.5. The summed E-state index contributed by atoms with van der Waals surface area (Å²) in [5.41, 5.74) is 3.27. The summed E-state index contributed by atoms with van der Waals surface area (Å²) in [6.45, 7) is 0. The summed E-state index contributed by atoms with van der Waals surface area (Å²) >= 11 is 3.43. The molecule has 4 rings (SSSR count). The van der Waals surface area contributed by atoms with Crippen molar-refractivity contribution in [3.8, 4) is 6.07 Å². The van der Waals surface area contributed by atoms with E-state index in [1.807, 2.05) is 18.2 Å². The van der Waals surface area contributed by atoms with Crippen LogP contribution < -0.4 is 4.90 Å². The lowest BCUT2D eigenvalue weighted by molar-refractivity contribution is -0.121. The molecule has 1 fully saturated rings. The minimum atomic E-state index is -0.546. The van der Waals surface area contributed by atoms with E-state index >= 15 is 0 Å². The summed E-state index contributed by atoms with van der Waals surface area (Å²) in [7, 11) is 0. The normalized spacial score (nSPS) is 19.3. The number of rotatable bonds is 3. The second kappa shape index (κ2) is 8.21. The highest BCUT2D eigenvalue weighted by Crippen LogP contribution is 2.36.